The van der Waals surface area contributed by atoms with Crippen LogP contribution >= 0.6 is 11.3 Å². The van der Waals surface area contributed by atoms with E-state index in [1.165, 1.54) is 15.3 Å². The number of rotatable bonds is 2. The van der Waals surface area contributed by atoms with Gasteiger partial charge in [-0.1, -0.05) is 0 Å². The minimum atomic E-state index is 0.808. The van der Waals surface area contributed by atoms with Gasteiger partial charge in [0.1, 0.15) is 0 Å². The lowest BCUT2D eigenvalue weighted by molar-refractivity contribution is 1.06. The summed E-state index contributed by atoms with van der Waals surface area (Å²) in [6, 6.07) is 12.6. The van der Waals surface area contributed by atoms with Gasteiger partial charge < -0.3 is 4.90 Å². The maximum absolute atomic E-state index is 4.73. The van der Waals surface area contributed by atoms with E-state index in [1.54, 1.807) is 11.3 Å². The van der Waals surface area contributed by atoms with Gasteiger partial charge in [-0.15, -0.1) is 11.3 Å². The minimum absolute atomic E-state index is 0.808. The topological polar surface area (TPSA) is 28.5 Å². The van der Waals surface area contributed by atoms with Gasteiger partial charge in [0.05, 0.1) is 26.1 Å². The molecule has 0 atom stereocenters. The van der Waals surface area contributed by atoms with Gasteiger partial charge in [-0.05, 0) is 43.3 Å². The van der Waals surface area contributed by atoms with E-state index in [4.69, 9.17) is 4.98 Å². The molecule has 0 saturated carbocycles. The summed E-state index contributed by atoms with van der Waals surface area (Å²) < 4.78 is 1.21. The molecule has 0 bridgehead atoms. The summed E-state index contributed by atoms with van der Waals surface area (Å²) in [5.74, 6) is 0. The highest BCUT2D eigenvalue weighted by Gasteiger charge is 2.07. The molecule has 0 fully saturated rings. The minimum Gasteiger partial charge on any atom is -0.378 e. The van der Waals surface area contributed by atoms with Crippen molar-refractivity contribution in [1.82, 2.24) is 4.98 Å². The Morgan fingerprint density at radius 2 is 2.00 bits per heavy atom. The molecular formula is C16H17N3S. The third kappa shape index (κ3) is 2.39. The van der Waals surface area contributed by atoms with Gasteiger partial charge in [-0.25, -0.2) is 4.98 Å². The Labute approximate surface area is 122 Å². The lowest BCUT2D eigenvalue weighted by Crippen LogP contribution is -2.08. The van der Waals surface area contributed by atoms with Gasteiger partial charge in [0.15, 0.2) is 0 Å². The molecule has 0 amide bonds. The van der Waals surface area contributed by atoms with Crippen molar-refractivity contribution in [2.24, 2.45) is 4.99 Å². The molecule has 0 spiro atoms. The molecule has 1 heterocycles. The van der Waals surface area contributed by atoms with E-state index in [9.17, 15) is 0 Å². The zero-order valence-electron chi connectivity index (χ0n) is 11.9. The molecule has 2 aliphatic rings. The number of fused-ring (bicyclic) bond motifs is 2. The average molecular weight is 283 g/mol. The fourth-order valence-electron chi connectivity index (χ4n) is 2.16. The van der Waals surface area contributed by atoms with E-state index >= 15 is 0 Å². The Bertz CT molecular complexity index is 789. The first kappa shape index (κ1) is 13.1. The van der Waals surface area contributed by atoms with Gasteiger partial charge in [0.25, 0.3) is 0 Å². The van der Waals surface area contributed by atoms with E-state index in [1.807, 2.05) is 6.07 Å². The van der Waals surface area contributed by atoms with Crippen LogP contribution in [0.4, 0.5) is 5.69 Å². The van der Waals surface area contributed by atoms with Gasteiger partial charge in [-0.3, -0.25) is 4.99 Å². The maximum Gasteiger partial charge on any atom is 0.0811 e. The number of aromatic nitrogens is 1. The lowest BCUT2D eigenvalue weighted by atomic mass is 10.2. The van der Waals surface area contributed by atoms with Crippen LogP contribution in [-0.2, 0) is 0 Å². The van der Waals surface area contributed by atoms with E-state index in [2.05, 4.69) is 61.2 Å². The van der Waals surface area contributed by atoms with Crippen LogP contribution in [0.3, 0.4) is 0 Å². The number of nitrogens with zero attached hydrogens (tertiary/aromatic N) is 3. The van der Waals surface area contributed by atoms with Crippen LogP contribution in [0.5, 0.6) is 0 Å². The summed E-state index contributed by atoms with van der Waals surface area (Å²) >= 11 is 1.77. The zero-order chi connectivity index (χ0) is 14.1. The second-order valence-electron chi connectivity index (χ2n) is 4.89. The van der Waals surface area contributed by atoms with Gasteiger partial charge in [0, 0.05) is 26.3 Å². The second kappa shape index (κ2) is 5.21. The molecule has 0 radical (unpaired) electrons. The number of hydrogen-bond acceptors (Lipinski definition) is 4. The fourth-order valence-corrected chi connectivity index (χ4v) is 3.19. The first-order valence-corrected chi connectivity index (χ1v) is 7.51. The molecule has 3 rings (SSSR count). The summed E-state index contributed by atoms with van der Waals surface area (Å²) in [6.07, 6.45) is 0. The molecule has 0 N–H and O–H groups in total. The zero-order valence-corrected chi connectivity index (χ0v) is 12.7. The van der Waals surface area contributed by atoms with Crippen LogP contribution in [0, 0.1) is 0 Å². The molecule has 0 saturated heterocycles. The van der Waals surface area contributed by atoms with Crippen molar-refractivity contribution in [3.05, 3.63) is 41.8 Å². The number of benzene rings is 2. The predicted octanol–water partition coefficient (Wildman–Crippen LogP) is 3.39. The highest BCUT2D eigenvalue weighted by molar-refractivity contribution is 7.21. The summed E-state index contributed by atoms with van der Waals surface area (Å²) in [4.78, 5) is 12.5. The Kier molecular flexibility index (Phi) is 3.40. The van der Waals surface area contributed by atoms with Crippen molar-refractivity contribution < 1.29 is 0 Å². The van der Waals surface area contributed by atoms with Gasteiger partial charge >= 0.3 is 0 Å². The monoisotopic (exact) mass is 283 g/mol. The molecule has 102 valence electrons. The molecule has 4 heteroatoms. The molecule has 1 aromatic rings. The average Bonchev–Trinajstić information content (AvgIpc) is 2.44. The molecule has 1 aromatic carbocycles. The first-order valence-electron chi connectivity index (χ1n) is 6.70. The van der Waals surface area contributed by atoms with E-state index < -0.39 is 0 Å². The van der Waals surface area contributed by atoms with Gasteiger partial charge in [0.2, 0.25) is 0 Å². The van der Waals surface area contributed by atoms with Gasteiger partial charge in [-0.2, -0.15) is 0 Å². The predicted molar refractivity (Wildman–Crippen MR) is 86.7 cm³/mol. The molecule has 0 aromatic heterocycles. The molecule has 3 nitrogen and oxygen atoms in total. The van der Waals surface area contributed by atoms with E-state index in [0.717, 1.165) is 23.1 Å². The van der Waals surface area contributed by atoms with Crippen LogP contribution in [-0.4, -0.2) is 25.6 Å². The Morgan fingerprint density at radius 3 is 2.75 bits per heavy atom. The summed E-state index contributed by atoms with van der Waals surface area (Å²) in [5, 5.41) is 1.03. The molecule has 1 aliphatic carbocycles. The van der Waals surface area contributed by atoms with E-state index in [0.29, 0.717) is 0 Å². The number of hydrogen-bond donors (Lipinski definition) is 0. The highest BCUT2D eigenvalue weighted by Crippen LogP contribution is 2.31. The van der Waals surface area contributed by atoms with Crippen molar-refractivity contribution in [3.8, 4) is 10.6 Å². The fraction of sp³-hybridized carbons (Fsp3) is 0.250. The quantitative estimate of drug-likeness (QED) is 0.674. The number of anilines is 1. The standard InChI is InChI=1S/C16H17N3S/c1-4-17-11-5-7-13-15(9-11)20-16-10-12(19(2)3)6-8-14(16)18-13/h5-10H,4H2,1-3H3. The first-order chi connectivity index (χ1) is 9.67. The van der Waals surface area contributed by atoms with Crippen molar-refractivity contribution in [3.63, 3.8) is 0 Å². The smallest absolute Gasteiger partial charge is 0.0811 e. The van der Waals surface area contributed by atoms with Crippen molar-refractivity contribution >= 4 is 27.2 Å². The normalized spacial score (nSPS) is 12.2. The second-order valence-corrected chi connectivity index (χ2v) is 5.97. The lowest BCUT2D eigenvalue weighted by Gasteiger charge is -2.13. The third-order valence-corrected chi connectivity index (χ3v) is 4.30. The van der Waals surface area contributed by atoms with Crippen LogP contribution in [0.25, 0.3) is 20.8 Å². The molecule has 1 aliphatic heterocycles. The van der Waals surface area contributed by atoms with Crippen molar-refractivity contribution in [2.75, 3.05) is 25.5 Å². The van der Waals surface area contributed by atoms with Crippen LogP contribution < -0.4 is 10.3 Å². The van der Waals surface area contributed by atoms with E-state index in [-0.39, 0.29) is 0 Å². The highest BCUT2D eigenvalue weighted by atomic mass is 32.1. The molecular weight excluding hydrogens is 266 g/mol. The van der Waals surface area contributed by atoms with Crippen molar-refractivity contribution in [2.45, 2.75) is 6.92 Å². The van der Waals surface area contributed by atoms with Crippen molar-refractivity contribution in [1.29, 1.82) is 0 Å². The van der Waals surface area contributed by atoms with Crippen LogP contribution in [0.1, 0.15) is 6.92 Å². The summed E-state index contributed by atoms with van der Waals surface area (Å²) in [6.45, 7) is 2.86. The third-order valence-electron chi connectivity index (χ3n) is 3.20. The largest absolute Gasteiger partial charge is 0.378 e. The Hall–Kier alpha value is -1.94. The Balaban J connectivity index is 2.25. The van der Waals surface area contributed by atoms with Crippen LogP contribution in [0.2, 0.25) is 0 Å². The van der Waals surface area contributed by atoms with Crippen LogP contribution in [0.15, 0.2) is 41.4 Å². The summed E-state index contributed by atoms with van der Waals surface area (Å²) in [5.41, 5.74) is 3.28. The maximum atomic E-state index is 4.73. The summed E-state index contributed by atoms with van der Waals surface area (Å²) in [7, 11) is 4.11. The SMILES string of the molecule is CCN=c1ccc2nc3ccc(N(C)C)cc3sc-2c1. The molecule has 0 unspecified atom stereocenters. The molecule has 20 heavy (non-hydrogen) atoms. The Morgan fingerprint density at radius 1 is 1.15 bits per heavy atom.